The molecule has 3 heteroatoms. The van der Waals surface area contributed by atoms with Crippen molar-refractivity contribution in [3.8, 4) is 0 Å². The third-order valence-electron chi connectivity index (χ3n) is 5.23. The Morgan fingerprint density at radius 3 is 1.64 bits per heavy atom. The molecule has 0 bridgehead atoms. The molecule has 28 heavy (non-hydrogen) atoms. The van der Waals surface area contributed by atoms with Crippen LogP contribution in [0.25, 0.3) is 0 Å². The lowest BCUT2D eigenvalue weighted by molar-refractivity contribution is 0.0328. The summed E-state index contributed by atoms with van der Waals surface area (Å²) in [4.78, 5) is 0. The van der Waals surface area contributed by atoms with Gasteiger partial charge in [-0.15, -0.1) is 0 Å². The summed E-state index contributed by atoms with van der Waals surface area (Å²) in [5, 5.41) is 17.2. The van der Waals surface area contributed by atoms with E-state index in [1.165, 1.54) is 0 Å². The van der Waals surface area contributed by atoms with E-state index in [2.05, 4.69) is 12.1 Å². The first-order valence-electron chi connectivity index (χ1n) is 9.52. The fourth-order valence-corrected chi connectivity index (χ4v) is 3.97. The van der Waals surface area contributed by atoms with Gasteiger partial charge in [-0.3, -0.25) is 4.68 Å². The lowest BCUT2D eigenvalue weighted by Crippen LogP contribution is -2.39. The molecule has 140 valence electrons. The number of benzene rings is 3. The van der Waals surface area contributed by atoms with Crippen LogP contribution in [-0.4, -0.2) is 14.9 Å². The van der Waals surface area contributed by atoms with E-state index < -0.39 is 11.6 Å². The van der Waals surface area contributed by atoms with Crippen LogP contribution in [0, 0.1) is 13.8 Å². The van der Waals surface area contributed by atoms with Gasteiger partial charge in [0, 0.05) is 5.69 Å². The molecule has 1 heterocycles. The minimum atomic E-state index is -1.28. The van der Waals surface area contributed by atoms with Crippen LogP contribution < -0.4 is 0 Å². The van der Waals surface area contributed by atoms with Gasteiger partial charge in [0.15, 0.2) is 0 Å². The van der Waals surface area contributed by atoms with Crippen molar-refractivity contribution < 1.29 is 5.11 Å². The molecular formula is C25H24N2O. The molecule has 0 radical (unpaired) electrons. The molecule has 0 fully saturated rings. The molecule has 0 unspecified atom stereocenters. The average molecular weight is 368 g/mol. The molecule has 0 aliphatic rings. The Morgan fingerprint density at radius 1 is 0.750 bits per heavy atom. The number of rotatable bonds is 5. The van der Waals surface area contributed by atoms with Gasteiger partial charge < -0.3 is 5.11 Å². The molecule has 4 rings (SSSR count). The quantitative estimate of drug-likeness (QED) is 0.537. The minimum Gasteiger partial charge on any atom is -0.378 e. The fraction of sp³-hybridized carbons (Fsp3) is 0.160. The van der Waals surface area contributed by atoms with Crippen molar-refractivity contribution >= 4 is 0 Å². The van der Waals surface area contributed by atoms with E-state index in [0.29, 0.717) is 0 Å². The van der Waals surface area contributed by atoms with Crippen molar-refractivity contribution in [1.82, 2.24) is 9.78 Å². The molecule has 0 amide bonds. The normalized spacial score (nSPS) is 12.7. The third-order valence-corrected chi connectivity index (χ3v) is 5.23. The zero-order valence-electron chi connectivity index (χ0n) is 16.2. The Bertz CT molecular complexity index is 1000. The first-order chi connectivity index (χ1) is 13.6. The summed E-state index contributed by atoms with van der Waals surface area (Å²) in [5.41, 5.74) is 3.33. The standard InChI is InChI=1S/C25H24N2O/c1-19-18-20(2)27(26-19)24(21-12-6-3-7-13-21)25(28,22-14-8-4-9-15-22)23-16-10-5-11-17-23/h3-18,24,28H,1-2H3/t24-/m0/s1. The number of aliphatic hydroxyl groups is 1. The number of aryl methyl sites for hydroxylation is 2. The molecule has 4 aromatic rings. The summed E-state index contributed by atoms with van der Waals surface area (Å²) in [6.45, 7) is 4.02. The highest BCUT2D eigenvalue weighted by Gasteiger charge is 2.43. The average Bonchev–Trinajstić information content (AvgIpc) is 3.07. The van der Waals surface area contributed by atoms with Gasteiger partial charge in [-0.05, 0) is 36.6 Å². The molecule has 1 N–H and O–H groups in total. The van der Waals surface area contributed by atoms with Gasteiger partial charge in [-0.25, -0.2) is 0 Å². The lowest BCUT2D eigenvalue weighted by Gasteiger charge is -2.38. The predicted octanol–water partition coefficient (Wildman–Crippen LogP) is 5.03. The molecule has 0 aliphatic heterocycles. The summed E-state index contributed by atoms with van der Waals surface area (Å²) >= 11 is 0. The van der Waals surface area contributed by atoms with Crippen LogP contribution in [0.2, 0.25) is 0 Å². The van der Waals surface area contributed by atoms with E-state index >= 15 is 0 Å². The lowest BCUT2D eigenvalue weighted by atomic mass is 9.77. The van der Waals surface area contributed by atoms with Crippen LogP contribution in [0.1, 0.15) is 34.1 Å². The molecule has 1 aromatic heterocycles. The molecular weight excluding hydrogens is 344 g/mol. The van der Waals surface area contributed by atoms with E-state index in [-0.39, 0.29) is 0 Å². The van der Waals surface area contributed by atoms with Crippen LogP contribution in [-0.2, 0) is 5.60 Å². The van der Waals surface area contributed by atoms with Crippen molar-refractivity contribution in [2.24, 2.45) is 0 Å². The van der Waals surface area contributed by atoms with Gasteiger partial charge in [0.2, 0.25) is 0 Å². The van der Waals surface area contributed by atoms with Crippen LogP contribution in [0.15, 0.2) is 97.1 Å². The number of nitrogens with zero attached hydrogens (tertiary/aromatic N) is 2. The molecule has 3 nitrogen and oxygen atoms in total. The van der Waals surface area contributed by atoms with Crippen molar-refractivity contribution in [3.63, 3.8) is 0 Å². The Kier molecular flexibility index (Phi) is 4.84. The van der Waals surface area contributed by atoms with Crippen LogP contribution in [0.5, 0.6) is 0 Å². The number of hydrogen-bond donors (Lipinski definition) is 1. The topological polar surface area (TPSA) is 38.0 Å². The highest BCUT2D eigenvalue weighted by atomic mass is 16.3. The van der Waals surface area contributed by atoms with Crippen molar-refractivity contribution in [2.45, 2.75) is 25.5 Å². The van der Waals surface area contributed by atoms with Crippen LogP contribution in [0.3, 0.4) is 0 Å². The molecule has 0 aliphatic carbocycles. The zero-order valence-corrected chi connectivity index (χ0v) is 16.2. The van der Waals surface area contributed by atoms with Gasteiger partial charge in [-0.1, -0.05) is 91.0 Å². The van der Waals surface area contributed by atoms with E-state index in [1.54, 1.807) is 0 Å². The number of hydrogen-bond acceptors (Lipinski definition) is 2. The Morgan fingerprint density at radius 2 is 1.21 bits per heavy atom. The van der Waals surface area contributed by atoms with Crippen LogP contribution >= 0.6 is 0 Å². The highest BCUT2D eigenvalue weighted by Crippen LogP contribution is 2.43. The van der Waals surface area contributed by atoms with Crippen molar-refractivity contribution in [1.29, 1.82) is 0 Å². The van der Waals surface area contributed by atoms with Crippen molar-refractivity contribution in [3.05, 3.63) is 125 Å². The maximum atomic E-state index is 12.4. The molecule has 1 atom stereocenters. The maximum absolute atomic E-state index is 12.4. The second-order valence-electron chi connectivity index (χ2n) is 7.18. The van der Waals surface area contributed by atoms with Gasteiger partial charge in [-0.2, -0.15) is 5.10 Å². The van der Waals surface area contributed by atoms with E-state index in [4.69, 9.17) is 5.10 Å². The zero-order chi connectivity index (χ0) is 19.6. The summed E-state index contributed by atoms with van der Waals surface area (Å²) in [6, 6.07) is 31.5. The van der Waals surface area contributed by atoms with Crippen molar-refractivity contribution in [2.75, 3.05) is 0 Å². The summed E-state index contributed by atoms with van der Waals surface area (Å²) in [7, 11) is 0. The van der Waals surface area contributed by atoms with E-state index in [9.17, 15) is 5.11 Å². The molecule has 3 aromatic carbocycles. The van der Waals surface area contributed by atoms with Crippen LogP contribution in [0.4, 0.5) is 0 Å². The second-order valence-corrected chi connectivity index (χ2v) is 7.18. The maximum Gasteiger partial charge on any atom is 0.141 e. The first kappa shape index (κ1) is 18.2. The molecule has 0 saturated heterocycles. The highest BCUT2D eigenvalue weighted by molar-refractivity contribution is 5.42. The van der Waals surface area contributed by atoms with E-state index in [1.807, 2.05) is 103 Å². The predicted molar refractivity (Wildman–Crippen MR) is 112 cm³/mol. The monoisotopic (exact) mass is 368 g/mol. The third kappa shape index (κ3) is 3.14. The minimum absolute atomic E-state index is 0.410. The van der Waals surface area contributed by atoms with Gasteiger partial charge in [0.25, 0.3) is 0 Å². The Hall–Kier alpha value is -3.17. The van der Waals surface area contributed by atoms with Gasteiger partial charge in [0.1, 0.15) is 11.6 Å². The summed E-state index contributed by atoms with van der Waals surface area (Å²) in [5.74, 6) is 0. The summed E-state index contributed by atoms with van der Waals surface area (Å²) < 4.78 is 1.95. The SMILES string of the molecule is Cc1cc(C)n([C@@H](c2ccccc2)C(O)(c2ccccc2)c2ccccc2)n1. The molecule has 0 spiro atoms. The van der Waals surface area contributed by atoms with Gasteiger partial charge in [0.05, 0.1) is 5.69 Å². The van der Waals surface area contributed by atoms with E-state index in [0.717, 1.165) is 28.1 Å². The largest absolute Gasteiger partial charge is 0.378 e. The number of aromatic nitrogens is 2. The summed E-state index contributed by atoms with van der Waals surface area (Å²) in [6.07, 6.45) is 0. The smallest absolute Gasteiger partial charge is 0.141 e. The molecule has 0 saturated carbocycles. The second kappa shape index (κ2) is 7.45. The first-order valence-corrected chi connectivity index (χ1v) is 9.52. The Balaban J connectivity index is 2.04. The Labute approximate surface area is 165 Å². The van der Waals surface area contributed by atoms with Gasteiger partial charge >= 0.3 is 0 Å². The fourth-order valence-electron chi connectivity index (χ4n) is 3.97.